The van der Waals surface area contributed by atoms with Gasteiger partial charge in [-0.05, 0) is 37.6 Å². The summed E-state index contributed by atoms with van der Waals surface area (Å²) in [5.74, 6) is 3.07. The molecular weight excluding hydrogens is 234 g/mol. The van der Waals surface area contributed by atoms with Gasteiger partial charge in [0.25, 0.3) is 0 Å². The van der Waals surface area contributed by atoms with Crippen LogP contribution in [0.1, 0.15) is 50.8 Å². The van der Waals surface area contributed by atoms with Crippen molar-refractivity contribution in [2.75, 3.05) is 6.54 Å². The molecule has 0 saturated heterocycles. The first-order valence-corrected chi connectivity index (χ1v) is 8.02. The number of rotatable bonds is 7. The number of nitrogens with zero attached hydrogens (tertiary/aromatic N) is 2. The molecule has 0 aromatic carbocycles. The molecule has 106 valence electrons. The summed E-state index contributed by atoms with van der Waals surface area (Å²) in [6.07, 6.45) is 15.0. The number of imidazole rings is 1. The molecule has 3 rings (SSSR count). The Labute approximate surface area is 116 Å². The molecule has 1 heterocycles. The van der Waals surface area contributed by atoms with Crippen molar-refractivity contribution in [1.29, 1.82) is 0 Å². The fraction of sp³-hybridized carbons (Fsp3) is 0.812. The first-order valence-electron chi connectivity index (χ1n) is 8.02. The minimum Gasteiger partial charge on any atom is -0.338 e. The second-order valence-corrected chi connectivity index (χ2v) is 6.48. The van der Waals surface area contributed by atoms with Gasteiger partial charge in [-0.1, -0.05) is 25.7 Å². The molecule has 0 spiro atoms. The predicted molar refractivity (Wildman–Crippen MR) is 78.0 cm³/mol. The summed E-state index contributed by atoms with van der Waals surface area (Å²) in [6.45, 7) is 1.24. The van der Waals surface area contributed by atoms with E-state index >= 15 is 0 Å². The quantitative estimate of drug-likeness (QED) is 0.818. The molecule has 2 fully saturated rings. The maximum Gasteiger partial charge on any atom is 0.108 e. The summed E-state index contributed by atoms with van der Waals surface area (Å²) >= 11 is 0. The number of hydrogen-bond donors (Lipinski definition) is 1. The monoisotopic (exact) mass is 261 g/mol. The summed E-state index contributed by atoms with van der Waals surface area (Å²) in [5, 5.41) is 3.75. The van der Waals surface area contributed by atoms with Crippen LogP contribution in [0.25, 0.3) is 0 Å². The van der Waals surface area contributed by atoms with Gasteiger partial charge in [-0.2, -0.15) is 0 Å². The van der Waals surface area contributed by atoms with Gasteiger partial charge < -0.3 is 9.88 Å². The van der Waals surface area contributed by atoms with Crippen molar-refractivity contribution in [3.05, 3.63) is 18.2 Å². The Balaban J connectivity index is 1.52. The number of aryl methyl sites for hydroxylation is 2. The van der Waals surface area contributed by atoms with E-state index in [0.29, 0.717) is 0 Å². The Morgan fingerprint density at radius 2 is 2.11 bits per heavy atom. The topological polar surface area (TPSA) is 29.9 Å². The highest BCUT2D eigenvalue weighted by Crippen LogP contribution is 2.34. The SMILES string of the molecule is Cn1ccnc1CCC(CNC1CC1)C1CCCC1. The molecule has 3 heteroatoms. The minimum absolute atomic E-state index is 0.845. The van der Waals surface area contributed by atoms with Crippen LogP contribution < -0.4 is 5.32 Å². The summed E-state index contributed by atoms with van der Waals surface area (Å²) in [6, 6.07) is 0.845. The van der Waals surface area contributed by atoms with E-state index in [9.17, 15) is 0 Å². The second kappa shape index (κ2) is 6.08. The molecule has 1 unspecified atom stereocenters. The maximum atomic E-state index is 4.46. The lowest BCUT2D eigenvalue weighted by Gasteiger charge is -2.24. The van der Waals surface area contributed by atoms with Gasteiger partial charge in [-0.25, -0.2) is 4.98 Å². The molecular formula is C16H27N3. The van der Waals surface area contributed by atoms with Crippen LogP contribution in [0.4, 0.5) is 0 Å². The molecule has 0 bridgehead atoms. The van der Waals surface area contributed by atoms with Crippen molar-refractivity contribution < 1.29 is 0 Å². The zero-order valence-corrected chi connectivity index (χ0v) is 12.1. The smallest absolute Gasteiger partial charge is 0.108 e. The van der Waals surface area contributed by atoms with Gasteiger partial charge in [-0.3, -0.25) is 0 Å². The average Bonchev–Trinajstić information content (AvgIpc) is 2.90. The molecule has 0 radical (unpaired) electrons. The van der Waals surface area contributed by atoms with Crippen LogP contribution >= 0.6 is 0 Å². The lowest BCUT2D eigenvalue weighted by Crippen LogP contribution is -2.29. The van der Waals surface area contributed by atoms with Crippen LogP contribution in [-0.4, -0.2) is 22.1 Å². The van der Waals surface area contributed by atoms with Crippen molar-refractivity contribution in [3.8, 4) is 0 Å². The van der Waals surface area contributed by atoms with Crippen LogP contribution in [-0.2, 0) is 13.5 Å². The predicted octanol–water partition coefficient (Wildman–Crippen LogP) is 2.91. The normalized spacial score (nSPS) is 21.9. The Kier molecular flexibility index (Phi) is 4.21. The summed E-state index contributed by atoms with van der Waals surface area (Å²) in [5.41, 5.74) is 0. The second-order valence-electron chi connectivity index (χ2n) is 6.48. The van der Waals surface area contributed by atoms with Crippen molar-refractivity contribution in [2.45, 2.75) is 57.4 Å². The van der Waals surface area contributed by atoms with Crippen LogP contribution in [0.2, 0.25) is 0 Å². The minimum atomic E-state index is 0.845. The van der Waals surface area contributed by atoms with Gasteiger partial charge in [0.1, 0.15) is 5.82 Å². The van der Waals surface area contributed by atoms with E-state index < -0.39 is 0 Å². The summed E-state index contributed by atoms with van der Waals surface area (Å²) in [7, 11) is 2.11. The van der Waals surface area contributed by atoms with Gasteiger partial charge >= 0.3 is 0 Å². The summed E-state index contributed by atoms with van der Waals surface area (Å²) in [4.78, 5) is 4.46. The molecule has 2 aliphatic carbocycles. The lowest BCUT2D eigenvalue weighted by atomic mass is 9.87. The molecule has 1 aromatic rings. The molecule has 0 aliphatic heterocycles. The van der Waals surface area contributed by atoms with Gasteiger partial charge in [0.15, 0.2) is 0 Å². The zero-order chi connectivity index (χ0) is 13.1. The molecule has 0 amide bonds. The van der Waals surface area contributed by atoms with E-state index in [-0.39, 0.29) is 0 Å². The molecule has 19 heavy (non-hydrogen) atoms. The Bertz CT molecular complexity index is 388. The first kappa shape index (κ1) is 13.2. The van der Waals surface area contributed by atoms with E-state index in [1.807, 2.05) is 6.20 Å². The standard InChI is InChI=1S/C16H27N3/c1-19-11-10-17-16(19)9-6-14(12-18-15-7-8-15)13-4-2-3-5-13/h10-11,13-15,18H,2-9,12H2,1H3. The van der Waals surface area contributed by atoms with E-state index in [4.69, 9.17) is 0 Å². The maximum absolute atomic E-state index is 4.46. The Morgan fingerprint density at radius 3 is 2.74 bits per heavy atom. The van der Waals surface area contributed by atoms with Crippen LogP contribution in [0, 0.1) is 11.8 Å². The lowest BCUT2D eigenvalue weighted by molar-refractivity contribution is 0.301. The van der Waals surface area contributed by atoms with Crippen LogP contribution in [0.3, 0.4) is 0 Å². The zero-order valence-electron chi connectivity index (χ0n) is 12.1. The van der Waals surface area contributed by atoms with Gasteiger partial charge in [0.2, 0.25) is 0 Å². The molecule has 1 atom stereocenters. The third-order valence-corrected chi connectivity index (χ3v) is 4.97. The van der Waals surface area contributed by atoms with E-state index in [0.717, 1.165) is 24.3 Å². The third kappa shape index (κ3) is 3.59. The van der Waals surface area contributed by atoms with Crippen molar-refractivity contribution in [2.24, 2.45) is 18.9 Å². The highest BCUT2D eigenvalue weighted by Gasteiger charge is 2.27. The van der Waals surface area contributed by atoms with E-state index in [2.05, 4.69) is 28.1 Å². The van der Waals surface area contributed by atoms with Crippen molar-refractivity contribution in [3.63, 3.8) is 0 Å². The molecule has 2 aliphatic rings. The summed E-state index contributed by atoms with van der Waals surface area (Å²) < 4.78 is 2.17. The molecule has 1 N–H and O–H groups in total. The Morgan fingerprint density at radius 1 is 1.32 bits per heavy atom. The Hall–Kier alpha value is -0.830. The van der Waals surface area contributed by atoms with E-state index in [1.165, 1.54) is 57.3 Å². The number of aromatic nitrogens is 2. The number of hydrogen-bond acceptors (Lipinski definition) is 2. The van der Waals surface area contributed by atoms with E-state index in [1.54, 1.807) is 0 Å². The molecule has 1 aromatic heterocycles. The van der Waals surface area contributed by atoms with Gasteiger partial charge in [-0.15, -0.1) is 0 Å². The average molecular weight is 261 g/mol. The van der Waals surface area contributed by atoms with Gasteiger partial charge in [0, 0.05) is 31.9 Å². The number of nitrogens with one attached hydrogen (secondary N) is 1. The van der Waals surface area contributed by atoms with Crippen molar-refractivity contribution in [1.82, 2.24) is 14.9 Å². The third-order valence-electron chi connectivity index (χ3n) is 4.97. The first-order chi connectivity index (χ1) is 9.33. The fourth-order valence-electron chi connectivity index (χ4n) is 3.49. The largest absolute Gasteiger partial charge is 0.338 e. The van der Waals surface area contributed by atoms with Gasteiger partial charge in [0.05, 0.1) is 0 Å². The highest BCUT2D eigenvalue weighted by molar-refractivity contribution is 4.93. The fourth-order valence-corrected chi connectivity index (χ4v) is 3.49. The van der Waals surface area contributed by atoms with Crippen LogP contribution in [0.15, 0.2) is 12.4 Å². The molecule has 3 nitrogen and oxygen atoms in total. The van der Waals surface area contributed by atoms with Crippen LogP contribution in [0.5, 0.6) is 0 Å². The highest BCUT2D eigenvalue weighted by atomic mass is 15.0. The van der Waals surface area contributed by atoms with Crippen molar-refractivity contribution >= 4 is 0 Å². The molecule has 2 saturated carbocycles.